The van der Waals surface area contributed by atoms with Crippen molar-refractivity contribution in [3.05, 3.63) is 53.7 Å². The molecule has 2 aliphatic rings. The Morgan fingerprint density at radius 1 is 1.26 bits per heavy atom. The highest BCUT2D eigenvalue weighted by Gasteiger charge is 2.42. The normalized spacial score (nSPS) is 18.8. The Morgan fingerprint density at radius 2 is 2.07 bits per heavy atom. The highest BCUT2D eigenvalue weighted by molar-refractivity contribution is 6.13. The Hall–Kier alpha value is -3.22. The standard InChI is InChI=1S/C20H20N4O3/c1-13-8-9-21-17(11-13)22-18(25)12-24-15-6-3-2-5-14(15)19(26)23-10-4-7-16(23)20(24)27/h2-3,5-6,8-9,11,16H,4,7,10,12H2,1H3,(H,21,22,25). The Balaban J connectivity index is 1.64. The number of aryl methyl sites for hydroxylation is 1. The van der Waals surface area contributed by atoms with Crippen molar-refractivity contribution < 1.29 is 14.4 Å². The van der Waals surface area contributed by atoms with Gasteiger partial charge in [0.1, 0.15) is 18.4 Å². The Kier molecular flexibility index (Phi) is 4.35. The van der Waals surface area contributed by atoms with Crippen molar-refractivity contribution in [2.24, 2.45) is 0 Å². The summed E-state index contributed by atoms with van der Waals surface area (Å²) in [6.45, 7) is 2.31. The monoisotopic (exact) mass is 364 g/mol. The predicted molar refractivity (Wildman–Crippen MR) is 100 cm³/mol. The Labute approximate surface area is 157 Å². The number of pyridine rings is 1. The lowest BCUT2D eigenvalue weighted by Crippen LogP contribution is -2.47. The number of aromatic nitrogens is 1. The zero-order chi connectivity index (χ0) is 19.0. The van der Waals surface area contributed by atoms with Crippen LogP contribution in [-0.2, 0) is 9.59 Å². The number of rotatable bonds is 3. The molecule has 0 radical (unpaired) electrons. The van der Waals surface area contributed by atoms with Crippen molar-refractivity contribution in [3.63, 3.8) is 0 Å². The van der Waals surface area contributed by atoms with Crippen LogP contribution in [0.25, 0.3) is 0 Å². The molecular weight excluding hydrogens is 344 g/mol. The average Bonchev–Trinajstić information content (AvgIpc) is 3.12. The molecule has 27 heavy (non-hydrogen) atoms. The van der Waals surface area contributed by atoms with Crippen molar-refractivity contribution >= 4 is 29.2 Å². The van der Waals surface area contributed by atoms with Gasteiger partial charge in [-0.15, -0.1) is 0 Å². The maximum atomic E-state index is 13.1. The summed E-state index contributed by atoms with van der Waals surface area (Å²) in [7, 11) is 0. The van der Waals surface area contributed by atoms with Crippen LogP contribution < -0.4 is 10.2 Å². The first kappa shape index (κ1) is 17.2. The van der Waals surface area contributed by atoms with Crippen molar-refractivity contribution in [2.45, 2.75) is 25.8 Å². The first-order chi connectivity index (χ1) is 13.0. The topological polar surface area (TPSA) is 82.6 Å². The zero-order valence-electron chi connectivity index (χ0n) is 15.0. The first-order valence-corrected chi connectivity index (χ1v) is 8.98. The molecular formula is C20H20N4O3. The molecule has 1 unspecified atom stereocenters. The fourth-order valence-corrected chi connectivity index (χ4v) is 3.70. The van der Waals surface area contributed by atoms with E-state index in [1.165, 1.54) is 4.90 Å². The molecule has 4 rings (SSSR count). The summed E-state index contributed by atoms with van der Waals surface area (Å²) in [4.78, 5) is 45.7. The van der Waals surface area contributed by atoms with E-state index < -0.39 is 6.04 Å². The molecule has 1 fully saturated rings. The molecule has 7 heteroatoms. The molecule has 7 nitrogen and oxygen atoms in total. The summed E-state index contributed by atoms with van der Waals surface area (Å²) >= 11 is 0. The van der Waals surface area contributed by atoms with Gasteiger partial charge in [0, 0.05) is 12.7 Å². The lowest BCUT2D eigenvalue weighted by Gasteiger charge is -2.25. The van der Waals surface area contributed by atoms with Gasteiger partial charge in [-0.25, -0.2) is 4.98 Å². The molecule has 138 valence electrons. The van der Waals surface area contributed by atoms with E-state index in [2.05, 4.69) is 10.3 Å². The van der Waals surface area contributed by atoms with E-state index in [0.29, 0.717) is 30.0 Å². The van der Waals surface area contributed by atoms with Gasteiger partial charge in [-0.1, -0.05) is 12.1 Å². The number of hydrogen-bond acceptors (Lipinski definition) is 4. The average molecular weight is 364 g/mol. The number of nitrogens with zero attached hydrogens (tertiary/aromatic N) is 3. The van der Waals surface area contributed by atoms with Gasteiger partial charge >= 0.3 is 0 Å². The van der Waals surface area contributed by atoms with Gasteiger partial charge in [0.05, 0.1) is 11.3 Å². The van der Waals surface area contributed by atoms with Crippen LogP contribution in [0.5, 0.6) is 0 Å². The third kappa shape index (κ3) is 3.16. The number of fused-ring (bicyclic) bond motifs is 2. The van der Waals surface area contributed by atoms with Crippen LogP contribution in [0.1, 0.15) is 28.8 Å². The van der Waals surface area contributed by atoms with E-state index in [-0.39, 0.29) is 24.3 Å². The maximum absolute atomic E-state index is 13.1. The molecule has 2 aromatic rings. The molecule has 1 atom stereocenters. The van der Waals surface area contributed by atoms with Gasteiger partial charge in [0.25, 0.3) is 5.91 Å². The summed E-state index contributed by atoms with van der Waals surface area (Å²) in [6, 6.07) is 10.1. The quantitative estimate of drug-likeness (QED) is 0.903. The number of para-hydroxylation sites is 1. The van der Waals surface area contributed by atoms with Gasteiger partial charge in [-0.3, -0.25) is 14.4 Å². The van der Waals surface area contributed by atoms with Crippen LogP contribution in [-0.4, -0.2) is 46.7 Å². The molecule has 2 aliphatic heterocycles. The minimum Gasteiger partial charge on any atom is -0.327 e. The summed E-state index contributed by atoms with van der Waals surface area (Å²) in [5.41, 5.74) is 1.91. The van der Waals surface area contributed by atoms with Gasteiger partial charge in [-0.05, 0) is 49.6 Å². The molecule has 1 aromatic heterocycles. The second kappa shape index (κ2) is 6.83. The van der Waals surface area contributed by atoms with Gasteiger partial charge < -0.3 is 15.1 Å². The van der Waals surface area contributed by atoms with Crippen molar-refractivity contribution in [1.29, 1.82) is 0 Å². The number of carbonyl (C=O) groups excluding carboxylic acids is 3. The minimum atomic E-state index is -0.505. The SMILES string of the molecule is Cc1ccnc(NC(=O)CN2C(=O)C3CCCN3C(=O)c3ccccc32)c1. The van der Waals surface area contributed by atoms with Crippen LogP contribution in [0.2, 0.25) is 0 Å². The summed E-state index contributed by atoms with van der Waals surface area (Å²) < 4.78 is 0. The lowest BCUT2D eigenvalue weighted by atomic mass is 10.1. The van der Waals surface area contributed by atoms with E-state index in [1.54, 1.807) is 41.4 Å². The molecule has 1 N–H and O–H groups in total. The number of hydrogen-bond donors (Lipinski definition) is 1. The molecule has 3 amide bonds. The highest BCUT2D eigenvalue weighted by atomic mass is 16.2. The molecule has 3 heterocycles. The van der Waals surface area contributed by atoms with Crippen LogP contribution in [0.3, 0.4) is 0 Å². The number of benzene rings is 1. The third-order valence-electron chi connectivity index (χ3n) is 4.97. The van der Waals surface area contributed by atoms with Crippen LogP contribution >= 0.6 is 0 Å². The smallest absolute Gasteiger partial charge is 0.256 e. The number of amides is 3. The fourth-order valence-electron chi connectivity index (χ4n) is 3.70. The Morgan fingerprint density at radius 3 is 2.89 bits per heavy atom. The van der Waals surface area contributed by atoms with Gasteiger partial charge in [0.2, 0.25) is 11.8 Å². The van der Waals surface area contributed by atoms with Crippen LogP contribution in [0.4, 0.5) is 11.5 Å². The number of anilines is 2. The minimum absolute atomic E-state index is 0.148. The Bertz CT molecular complexity index is 927. The molecule has 1 aromatic carbocycles. The summed E-state index contributed by atoms with van der Waals surface area (Å²) in [5.74, 6) is -0.271. The first-order valence-electron chi connectivity index (χ1n) is 8.98. The number of carbonyl (C=O) groups is 3. The second-order valence-electron chi connectivity index (χ2n) is 6.86. The number of nitrogens with one attached hydrogen (secondary N) is 1. The van der Waals surface area contributed by atoms with E-state index in [0.717, 1.165) is 12.0 Å². The molecule has 0 saturated carbocycles. The van der Waals surface area contributed by atoms with Crippen LogP contribution in [0, 0.1) is 6.92 Å². The highest BCUT2D eigenvalue weighted by Crippen LogP contribution is 2.32. The van der Waals surface area contributed by atoms with Crippen molar-refractivity contribution in [3.8, 4) is 0 Å². The lowest BCUT2D eigenvalue weighted by molar-refractivity contribution is -0.124. The summed E-state index contributed by atoms with van der Waals surface area (Å²) in [6.07, 6.45) is 3.03. The van der Waals surface area contributed by atoms with Crippen molar-refractivity contribution in [2.75, 3.05) is 23.3 Å². The molecule has 0 aliphatic carbocycles. The van der Waals surface area contributed by atoms with E-state index >= 15 is 0 Å². The van der Waals surface area contributed by atoms with Gasteiger partial charge in [0.15, 0.2) is 0 Å². The largest absolute Gasteiger partial charge is 0.327 e. The van der Waals surface area contributed by atoms with Crippen molar-refractivity contribution in [1.82, 2.24) is 9.88 Å². The van der Waals surface area contributed by atoms with E-state index in [4.69, 9.17) is 0 Å². The second-order valence-corrected chi connectivity index (χ2v) is 6.86. The summed E-state index contributed by atoms with van der Waals surface area (Å²) in [5, 5.41) is 2.73. The molecule has 1 saturated heterocycles. The van der Waals surface area contributed by atoms with Gasteiger partial charge in [-0.2, -0.15) is 0 Å². The maximum Gasteiger partial charge on any atom is 0.256 e. The van der Waals surface area contributed by atoms with E-state index in [9.17, 15) is 14.4 Å². The van der Waals surface area contributed by atoms with E-state index in [1.807, 2.05) is 13.0 Å². The predicted octanol–water partition coefficient (Wildman–Crippen LogP) is 1.98. The molecule has 0 spiro atoms. The third-order valence-corrected chi connectivity index (χ3v) is 4.97. The zero-order valence-corrected chi connectivity index (χ0v) is 15.0. The van der Waals surface area contributed by atoms with Crippen LogP contribution in [0.15, 0.2) is 42.6 Å². The fraction of sp³-hybridized carbons (Fsp3) is 0.300. The molecule has 0 bridgehead atoms.